The highest BCUT2D eigenvalue weighted by Crippen LogP contribution is 2.23. The Balaban J connectivity index is 1.91. The summed E-state index contributed by atoms with van der Waals surface area (Å²) in [4.78, 5) is 25.3. The lowest BCUT2D eigenvalue weighted by Gasteiger charge is -2.22. The number of nitrogens with zero attached hydrogens (tertiary/aromatic N) is 1. The number of anilines is 2. The number of carbonyl (C=O) groups is 2. The number of para-hydroxylation sites is 1. The highest BCUT2D eigenvalue weighted by atomic mass is 35.5. The Bertz CT molecular complexity index is 719. The number of amides is 3. The fourth-order valence-corrected chi connectivity index (χ4v) is 2.37. The summed E-state index contributed by atoms with van der Waals surface area (Å²) >= 11 is 6.12. The van der Waals surface area contributed by atoms with Crippen LogP contribution >= 0.6 is 11.6 Å². The van der Waals surface area contributed by atoms with Crippen LogP contribution in [0.4, 0.5) is 16.2 Å². The van der Waals surface area contributed by atoms with Crippen LogP contribution in [-0.2, 0) is 4.79 Å². The third-order valence-electron chi connectivity index (χ3n) is 3.50. The van der Waals surface area contributed by atoms with E-state index in [9.17, 15) is 9.59 Å². The van der Waals surface area contributed by atoms with Crippen molar-refractivity contribution in [2.24, 2.45) is 0 Å². The molecule has 5 nitrogen and oxygen atoms in total. The van der Waals surface area contributed by atoms with Crippen molar-refractivity contribution in [2.45, 2.75) is 13.8 Å². The van der Waals surface area contributed by atoms with Gasteiger partial charge in [0.1, 0.15) is 0 Å². The second kappa shape index (κ2) is 8.36. The normalized spacial score (nSPS) is 10.1. The third kappa shape index (κ3) is 4.99. The molecule has 0 aliphatic carbocycles. The Morgan fingerprint density at radius 1 is 1.12 bits per heavy atom. The Labute approximate surface area is 146 Å². The van der Waals surface area contributed by atoms with Crippen molar-refractivity contribution in [3.63, 3.8) is 0 Å². The minimum atomic E-state index is -0.313. The summed E-state index contributed by atoms with van der Waals surface area (Å²) in [6.07, 6.45) is 0. The molecule has 2 aromatic rings. The van der Waals surface area contributed by atoms with Crippen molar-refractivity contribution < 1.29 is 9.59 Å². The van der Waals surface area contributed by atoms with Gasteiger partial charge in [-0.15, -0.1) is 0 Å². The van der Waals surface area contributed by atoms with Gasteiger partial charge in [0.2, 0.25) is 5.91 Å². The van der Waals surface area contributed by atoms with Crippen LogP contribution in [0.25, 0.3) is 0 Å². The molecule has 0 aromatic heterocycles. The molecule has 0 spiro atoms. The molecule has 0 radical (unpaired) electrons. The van der Waals surface area contributed by atoms with E-state index in [1.54, 1.807) is 23.1 Å². The Hall–Kier alpha value is -2.53. The van der Waals surface area contributed by atoms with Crippen molar-refractivity contribution >= 4 is 34.9 Å². The van der Waals surface area contributed by atoms with Gasteiger partial charge in [-0.05, 0) is 36.8 Å². The molecule has 0 unspecified atom stereocenters. The summed E-state index contributed by atoms with van der Waals surface area (Å²) in [6.45, 7) is 4.07. The molecule has 2 aromatic carbocycles. The lowest BCUT2D eigenvalue weighted by molar-refractivity contribution is -0.116. The van der Waals surface area contributed by atoms with E-state index >= 15 is 0 Å². The maximum absolute atomic E-state index is 11.9. The summed E-state index contributed by atoms with van der Waals surface area (Å²) in [5, 5.41) is 6.07. The molecule has 126 valence electrons. The minimum Gasteiger partial charge on any atom is -0.336 e. The summed E-state index contributed by atoms with van der Waals surface area (Å²) < 4.78 is 0. The van der Waals surface area contributed by atoms with Crippen molar-refractivity contribution in [3.05, 3.63) is 59.1 Å². The number of urea groups is 1. The van der Waals surface area contributed by atoms with E-state index < -0.39 is 0 Å². The van der Waals surface area contributed by atoms with Gasteiger partial charge in [0.25, 0.3) is 0 Å². The van der Waals surface area contributed by atoms with Gasteiger partial charge in [-0.2, -0.15) is 0 Å². The number of rotatable bonds is 5. The van der Waals surface area contributed by atoms with Gasteiger partial charge in [-0.1, -0.05) is 35.9 Å². The molecule has 2 N–H and O–H groups in total. The standard InChI is InChI=1S/C18H20ClN3O2/c1-13-8-9-16(12-17(13)19)22(14(2)23)11-10-20-18(24)21-15-6-4-3-5-7-15/h3-9,12H,10-11H2,1-2H3,(H2,20,21,24). The molecule has 0 fully saturated rings. The van der Waals surface area contributed by atoms with E-state index in [0.29, 0.717) is 29.5 Å². The number of carbonyl (C=O) groups excluding carboxylic acids is 2. The number of aryl methyl sites for hydroxylation is 1. The molecular weight excluding hydrogens is 326 g/mol. The third-order valence-corrected chi connectivity index (χ3v) is 3.91. The summed E-state index contributed by atoms with van der Waals surface area (Å²) in [7, 11) is 0. The lowest BCUT2D eigenvalue weighted by Crippen LogP contribution is -2.39. The Kier molecular flexibility index (Phi) is 6.21. The Morgan fingerprint density at radius 3 is 2.46 bits per heavy atom. The molecule has 2 rings (SSSR count). The van der Waals surface area contributed by atoms with Gasteiger partial charge in [0.05, 0.1) is 0 Å². The fraction of sp³-hybridized carbons (Fsp3) is 0.222. The summed E-state index contributed by atoms with van der Waals surface area (Å²) in [5.41, 5.74) is 2.37. The van der Waals surface area contributed by atoms with Crippen LogP contribution in [0.5, 0.6) is 0 Å². The molecule has 3 amide bonds. The molecule has 0 aliphatic rings. The predicted molar refractivity (Wildman–Crippen MR) is 97.7 cm³/mol. The average Bonchev–Trinajstić information content (AvgIpc) is 2.55. The molecule has 0 saturated carbocycles. The zero-order valence-corrected chi connectivity index (χ0v) is 14.4. The first-order valence-electron chi connectivity index (χ1n) is 7.61. The van der Waals surface area contributed by atoms with Crippen molar-refractivity contribution in [1.82, 2.24) is 5.32 Å². The number of hydrogen-bond donors (Lipinski definition) is 2. The van der Waals surface area contributed by atoms with Crippen molar-refractivity contribution in [3.8, 4) is 0 Å². The van der Waals surface area contributed by atoms with Gasteiger partial charge in [0, 0.05) is 36.4 Å². The van der Waals surface area contributed by atoms with Crippen LogP contribution in [0.3, 0.4) is 0 Å². The number of benzene rings is 2. The van der Waals surface area contributed by atoms with E-state index in [0.717, 1.165) is 5.56 Å². The fourth-order valence-electron chi connectivity index (χ4n) is 2.20. The Morgan fingerprint density at radius 2 is 1.83 bits per heavy atom. The highest BCUT2D eigenvalue weighted by molar-refractivity contribution is 6.31. The van der Waals surface area contributed by atoms with Gasteiger partial charge in [-0.25, -0.2) is 4.79 Å². The van der Waals surface area contributed by atoms with Crippen LogP contribution in [0.2, 0.25) is 5.02 Å². The topological polar surface area (TPSA) is 61.4 Å². The van der Waals surface area contributed by atoms with Crippen LogP contribution in [-0.4, -0.2) is 25.0 Å². The molecule has 0 atom stereocenters. The maximum atomic E-state index is 11.9. The average molecular weight is 346 g/mol. The predicted octanol–water partition coefficient (Wildman–Crippen LogP) is 3.82. The van der Waals surface area contributed by atoms with Gasteiger partial charge >= 0.3 is 6.03 Å². The van der Waals surface area contributed by atoms with E-state index in [1.807, 2.05) is 37.3 Å². The van der Waals surface area contributed by atoms with Crippen LogP contribution in [0, 0.1) is 6.92 Å². The van der Waals surface area contributed by atoms with Crippen molar-refractivity contribution in [2.75, 3.05) is 23.3 Å². The molecule has 0 aliphatic heterocycles. The molecule has 0 bridgehead atoms. The van der Waals surface area contributed by atoms with E-state index in [4.69, 9.17) is 11.6 Å². The van der Waals surface area contributed by atoms with Gasteiger partial charge in [-0.3, -0.25) is 4.79 Å². The summed E-state index contributed by atoms with van der Waals surface area (Å²) in [6, 6.07) is 14.3. The smallest absolute Gasteiger partial charge is 0.319 e. The summed E-state index contributed by atoms with van der Waals surface area (Å²) in [5.74, 6) is -0.111. The molecular formula is C18H20ClN3O2. The number of hydrogen-bond acceptors (Lipinski definition) is 2. The highest BCUT2D eigenvalue weighted by Gasteiger charge is 2.13. The van der Waals surface area contributed by atoms with Crippen molar-refractivity contribution in [1.29, 1.82) is 0 Å². The lowest BCUT2D eigenvalue weighted by atomic mass is 10.2. The number of halogens is 1. The van der Waals surface area contributed by atoms with E-state index in [-0.39, 0.29) is 11.9 Å². The van der Waals surface area contributed by atoms with Gasteiger partial charge < -0.3 is 15.5 Å². The second-order valence-electron chi connectivity index (χ2n) is 5.35. The first kappa shape index (κ1) is 17.8. The molecule has 0 saturated heterocycles. The quantitative estimate of drug-likeness (QED) is 0.865. The van der Waals surface area contributed by atoms with Crippen LogP contribution in [0.15, 0.2) is 48.5 Å². The number of nitrogens with one attached hydrogen (secondary N) is 2. The monoisotopic (exact) mass is 345 g/mol. The zero-order valence-electron chi connectivity index (χ0n) is 13.7. The first-order valence-corrected chi connectivity index (χ1v) is 7.99. The largest absolute Gasteiger partial charge is 0.336 e. The maximum Gasteiger partial charge on any atom is 0.319 e. The van der Waals surface area contributed by atoms with Crippen LogP contribution in [0.1, 0.15) is 12.5 Å². The van der Waals surface area contributed by atoms with E-state index in [2.05, 4.69) is 10.6 Å². The van der Waals surface area contributed by atoms with E-state index in [1.165, 1.54) is 6.92 Å². The molecule has 24 heavy (non-hydrogen) atoms. The van der Waals surface area contributed by atoms with Crippen LogP contribution < -0.4 is 15.5 Å². The first-order chi connectivity index (χ1) is 11.5. The molecule has 0 heterocycles. The zero-order chi connectivity index (χ0) is 17.5. The second-order valence-corrected chi connectivity index (χ2v) is 5.76. The van der Waals surface area contributed by atoms with Gasteiger partial charge in [0.15, 0.2) is 0 Å². The SMILES string of the molecule is CC(=O)N(CCNC(=O)Nc1ccccc1)c1ccc(C)c(Cl)c1. The molecule has 6 heteroatoms. The minimum absolute atomic E-state index is 0.111.